The number of anilines is 1. The molecule has 0 radical (unpaired) electrons. The van der Waals surface area contributed by atoms with Gasteiger partial charge in [-0.25, -0.2) is 0 Å². The number of halogens is 3. The van der Waals surface area contributed by atoms with E-state index in [0.717, 1.165) is 24.8 Å². The predicted octanol–water partition coefficient (Wildman–Crippen LogP) is 3.70. The van der Waals surface area contributed by atoms with Gasteiger partial charge in [0.15, 0.2) is 5.92 Å². The lowest BCUT2D eigenvalue weighted by molar-refractivity contribution is -0.190. The zero-order valence-electron chi connectivity index (χ0n) is 11.2. The van der Waals surface area contributed by atoms with E-state index in [2.05, 4.69) is 12.2 Å². The number of hydrogen-bond donors (Lipinski definition) is 2. The van der Waals surface area contributed by atoms with Crippen molar-refractivity contribution >= 4 is 11.7 Å². The van der Waals surface area contributed by atoms with Crippen molar-refractivity contribution in [1.29, 1.82) is 0 Å². The molecule has 1 atom stereocenters. The molecular weight excluding hydrogens is 271 g/mol. The molecule has 0 fully saturated rings. The average molecular weight is 289 g/mol. The van der Waals surface area contributed by atoms with Gasteiger partial charge in [-0.1, -0.05) is 25.5 Å². The Morgan fingerprint density at radius 2 is 1.90 bits per heavy atom. The lowest BCUT2D eigenvalue weighted by Crippen LogP contribution is -2.36. The summed E-state index contributed by atoms with van der Waals surface area (Å²) >= 11 is 0. The smallest absolute Gasteiger partial charge is 0.403 e. The highest BCUT2D eigenvalue weighted by Gasteiger charge is 2.44. The maximum absolute atomic E-state index is 12.5. The highest BCUT2D eigenvalue weighted by atomic mass is 19.4. The van der Waals surface area contributed by atoms with Crippen LogP contribution in [0.5, 0.6) is 0 Å². The minimum Gasteiger partial charge on any atom is -0.481 e. The molecule has 0 heterocycles. The van der Waals surface area contributed by atoms with Gasteiger partial charge in [-0.3, -0.25) is 4.79 Å². The van der Waals surface area contributed by atoms with E-state index in [1.54, 1.807) is 12.1 Å². The fraction of sp³-hybridized carbons (Fsp3) is 0.500. The number of aliphatic carboxylic acids is 1. The number of unbranched alkanes of at least 4 members (excludes halogenated alkanes) is 1. The van der Waals surface area contributed by atoms with Gasteiger partial charge in [0.2, 0.25) is 0 Å². The van der Waals surface area contributed by atoms with Crippen molar-refractivity contribution in [3.8, 4) is 0 Å². The van der Waals surface area contributed by atoms with Crippen molar-refractivity contribution in [3.63, 3.8) is 0 Å². The van der Waals surface area contributed by atoms with Gasteiger partial charge < -0.3 is 10.4 Å². The fourth-order valence-electron chi connectivity index (χ4n) is 1.73. The number of hydrogen-bond acceptors (Lipinski definition) is 2. The summed E-state index contributed by atoms with van der Waals surface area (Å²) in [7, 11) is 0. The van der Waals surface area contributed by atoms with Crippen molar-refractivity contribution in [2.24, 2.45) is 5.92 Å². The Morgan fingerprint density at radius 3 is 2.35 bits per heavy atom. The average Bonchev–Trinajstić information content (AvgIpc) is 2.36. The van der Waals surface area contributed by atoms with Gasteiger partial charge in [0, 0.05) is 12.2 Å². The zero-order valence-corrected chi connectivity index (χ0v) is 11.2. The standard InChI is InChI=1S/C14H18F3NO2/c1-2-3-4-10-5-7-11(8-6-10)18-9-12(13(19)20)14(15,16)17/h5-8,12,18H,2-4,9H2,1H3,(H,19,20). The highest BCUT2D eigenvalue weighted by molar-refractivity contribution is 5.71. The van der Waals surface area contributed by atoms with E-state index >= 15 is 0 Å². The third kappa shape index (κ3) is 5.11. The SMILES string of the molecule is CCCCc1ccc(NCC(C(=O)O)C(F)(F)F)cc1. The first-order valence-corrected chi connectivity index (χ1v) is 6.47. The Bertz CT molecular complexity index is 429. The second-order valence-corrected chi connectivity index (χ2v) is 4.61. The fourth-order valence-corrected chi connectivity index (χ4v) is 1.73. The summed E-state index contributed by atoms with van der Waals surface area (Å²) in [5, 5.41) is 11.1. The van der Waals surface area contributed by atoms with Gasteiger partial charge in [0.05, 0.1) is 0 Å². The van der Waals surface area contributed by atoms with Crippen LogP contribution >= 0.6 is 0 Å². The quantitative estimate of drug-likeness (QED) is 0.804. The number of benzene rings is 1. The molecule has 0 saturated carbocycles. The second-order valence-electron chi connectivity index (χ2n) is 4.61. The molecule has 112 valence electrons. The van der Waals surface area contributed by atoms with E-state index in [-0.39, 0.29) is 0 Å². The van der Waals surface area contributed by atoms with Crippen LogP contribution in [0.3, 0.4) is 0 Å². The molecule has 3 nitrogen and oxygen atoms in total. The molecule has 1 rings (SSSR count). The van der Waals surface area contributed by atoms with Crippen LogP contribution in [0.25, 0.3) is 0 Å². The molecular formula is C14H18F3NO2. The van der Waals surface area contributed by atoms with Crippen LogP contribution in [-0.2, 0) is 11.2 Å². The minimum atomic E-state index is -4.75. The third-order valence-corrected chi connectivity index (χ3v) is 2.98. The van der Waals surface area contributed by atoms with E-state index < -0.39 is 24.6 Å². The Hall–Kier alpha value is -1.72. The summed E-state index contributed by atoms with van der Waals surface area (Å²) in [6.45, 7) is 1.41. The summed E-state index contributed by atoms with van der Waals surface area (Å²) in [4.78, 5) is 10.6. The summed E-state index contributed by atoms with van der Waals surface area (Å²) in [5.41, 5.74) is 1.60. The maximum atomic E-state index is 12.5. The molecule has 0 aliphatic rings. The molecule has 0 aliphatic carbocycles. The Morgan fingerprint density at radius 1 is 1.30 bits per heavy atom. The number of alkyl halides is 3. The van der Waals surface area contributed by atoms with Crippen LogP contribution in [0.1, 0.15) is 25.3 Å². The first kappa shape index (κ1) is 16.3. The van der Waals surface area contributed by atoms with E-state index in [1.165, 1.54) is 0 Å². The Balaban J connectivity index is 2.58. The molecule has 2 N–H and O–H groups in total. The number of rotatable bonds is 7. The van der Waals surface area contributed by atoms with Gasteiger partial charge in [0.1, 0.15) is 0 Å². The van der Waals surface area contributed by atoms with Crippen molar-refractivity contribution in [1.82, 2.24) is 0 Å². The number of carboxylic acids is 1. The molecule has 1 aromatic rings. The van der Waals surface area contributed by atoms with Gasteiger partial charge in [0.25, 0.3) is 0 Å². The predicted molar refractivity (Wildman–Crippen MR) is 70.7 cm³/mol. The number of aryl methyl sites for hydroxylation is 1. The van der Waals surface area contributed by atoms with E-state index in [0.29, 0.717) is 5.69 Å². The molecule has 0 aromatic heterocycles. The number of carboxylic acid groups (broad SMARTS) is 1. The van der Waals surface area contributed by atoms with Crippen molar-refractivity contribution < 1.29 is 23.1 Å². The molecule has 0 amide bonds. The molecule has 1 unspecified atom stereocenters. The highest BCUT2D eigenvalue weighted by Crippen LogP contribution is 2.26. The normalized spacial score (nSPS) is 13.0. The molecule has 0 spiro atoms. The molecule has 6 heteroatoms. The zero-order chi connectivity index (χ0) is 15.2. The van der Waals surface area contributed by atoms with Crippen molar-refractivity contribution in [3.05, 3.63) is 29.8 Å². The third-order valence-electron chi connectivity index (χ3n) is 2.98. The second kappa shape index (κ2) is 7.17. The van der Waals surface area contributed by atoms with Crippen molar-refractivity contribution in [2.45, 2.75) is 32.4 Å². The van der Waals surface area contributed by atoms with Crippen LogP contribution < -0.4 is 5.32 Å². The molecule has 0 saturated heterocycles. The van der Waals surface area contributed by atoms with Crippen LogP contribution in [0.15, 0.2) is 24.3 Å². The largest absolute Gasteiger partial charge is 0.481 e. The Kier molecular flexibility index (Phi) is 5.85. The monoisotopic (exact) mass is 289 g/mol. The van der Waals surface area contributed by atoms with Gasteiger partial charge in [-0.15, -0.1) is 0 Å². The molecule has 20 heavy (non-hydrogen) atoms. The van der Waals surface area contributed by atoms with Crippen molar-refractivity contribution in [2.75, 3.05) is 11.9 Å². The number of carbonyl (C=O) groups is 1. The van der Waals surface area contributed by atoms with Crippen LogP contribution in [-0.4, -0.2) is 23.8 Å². The van der Waals surface area contributed by atoms with E-state index in [4.69, 9.17) is 5.11 Å². The van der Waals surface area contributed by atoms with Crippen LogP contribution in [0, 0.1) is 5.92 Å². The topological polar surface area (TPSA) is 49.3 Å². The Labute approximate surface area is 115 Å². The lowest BCUT2D eigenvalue weighted by Gasteiger charge is -2.17. The minimum absolute atomic E-state index is 0.487. The van der Waals surface area contributed by atoms with Gasteiger partial charge in [-0.2, -0.15) is 13.2 Å². The maximum Gasteiger partial charge on any atom is 0.403 e. The molecule has 0 bridgehead atoms. The van der Waals surface area contributed by atoms with Gasteiger partial charge >= 0.3 is 12.1 Å². The first-order valence-electron chi connectivity index (χ1n) is 6.47. The van der Waals surface area contributed by atoms with Gasteiger partial charge in [-0.05, 0) is 30.5 Å². The van der Waals surface area contributed by atoms with E-state index in [1.807, 2.05) is 12.1 Å². The van der Waals surface area contributed by atoms with E-state index in [9.17, 15) is 18.0 Å². The first-order chi connectivity index (χ1) is 9.34. The van der Waals surface area contributed by atoms with Crippen LogP contribution in [0.4, 0.5) is 18.9 Å². The molecule has 0 aliphatic heterocycles. The summed E-state index contributed by atoms with van der Waals surface area (Å²) < 4.78 is 37.4. The summed E-state index contributed by atoms with van der Waals surface area (Å²) in [6, 6.07) is 7.00. The summed E-state index contributed by atoms with van der Waals surface area (Å²) in [5.74, 6) is -4.27. The summed E-state index contributed by atoms with van der Waals surface area (Å²) in [6.07, 6.45) is -1.69. The van der Waals surface area contributed by atoms with Crippen LogP contribution in [0.2, 0.25) is 0 Å². The lowest BCUT2D eigenvalue weighted by atomic mass is 10.1. The number of nitrogens with one attached hydrogen (secondary N) is 1. The molecule has 1 aromatic carbocycles.